The van der Waals surface area contributed by atoms with E-state index < -0.39 is 6.10 Å². The van der Waals surface area contributed by atoms with Gasteiger partial charge in [-0.05, 0) is 31.2 Å². The van der Waals surface area contributed by atoms with Gasteiger partial charge in [-0.2, -0.15) is 10.2 Å². The lowest BCUT2D eigenvalue weighted by molar-refractivity contribution is 0.221. The minimum Gasteiger partial charge on any atom is -0.383 e. The van der Waals surface area contributed by atoms with E-state index in [1.54, 1.807) is 35.4 Å². The van der Waals surface area contributed by atoms with Crippen LogP contribution in [0, 0.1) is 5.82 Å². The van der Waals surface area contributed by atoms with Gasteiger partial charge in [-0.15, -0.1) is 0 Å². The zero-order valence-electron chi connectivity index (χ0n) is 11.5. The Morgan fingerprint density at radius 3 is 2.71 bits per heavy atom. The van der Waals surface area contributed by atoms with Crippen molar-refractivity contribution < 1.29 is 9.50 Å². The first-order valence-electron chi connectivity index (χ1n) is 6.68. The maximum atomic E-state index is 13.0. The van der Waals surface area contributed by atoms with Gasteiger partial charge in [0.25, 0.3) is 0 Å². The van der Waals surface area contributed by atoms with E-state index in [9.17, 15) is 9.50 Å². The van der Waals surface area contributed by atoms with E-state index in [2.05, 4.69) is 15.3 Å². The molecule has 0 aliphatic carbocycles. The monoisotopic (exact) mass is 286 g/mol. The van der Waals surface area contributed by atoms with Crippen LogP contribution in [0.3, 0.4) is 0 Å². The molecule has 0 radical (unpaired) electrons. The smallest absolute Gasteiger partial charge is 0.123 e. The minimum absolute atomic E-state index is 0.301. The van der Waals surface area contributed by atoms with Crippen molar-refractivity contribution in [3.05, 3.63) is 59.8 Å². The number of rotatable bonds is 4. The number of aromatic nitrogens is 4. The van der Waals surface area contributed by atoms with Crippen molar-refractivity contribution in [1.29, 1.82) is 0 Å². The number of benzene rings is 1. The molecule has 1 atom stereocenters. The average Bonchev–Trinajstić information content (AvgIpc) is 3.16. The van der Waals surface area contributed by atoms with Crippen LogP contribution in [-0.2, 0) is 6.54 Å². The van der Waals surface area contributed by atoms with E-state index in [-0.39, 0.29) is 5.82 Å². The molecule has 108 valence electrons. The molecule has 3 rings (SSSR count). The number of aryl methyl sites for hydroxylation is 1. The fourth-order valence-corrected chi connectivity index (χ4v) is 2.22. The van der Waals surface area contributed by atoms with E-state index >= 15 is 0 Å². The summed E-state index contributed by atoms with van der Waals surface area (Å²) in [6, 6.07) is 6.05. The Balaban J connectivity index is 1.96. The molecule has 2 heterocycles. The van der Waals surface area contributed by atoms with Gasteiger partial charge in [0.15, 0.2) is 0 Å². The predicted octanol–water partition coefficient (Wildman–Crippen LogP) is 2.51. The van der Waals surface area contributed by atoms with Crippen molar-refractivity contribution in [3.63, 3.8) is 0 Å². The molecule has 0 saturated heterocycles. The van der Waals surface area contributed by atoms with Crippen LogP contribution in [0.2, 0.25) is 0 Å². The number of nitrogens with one attached hydrogen (secondary N) is 1. The van der Waals surface area contributed by atoms with Crippen LogP contribution < -0.4 is 0 Å². The summed E-state index contributed by atoms with van der Waals surface area (Å²) in [5.41, 5.74) is 2.77. The van der Waals surface area contributed by atoms with E-state index in [0.717, 1.165) is 12.1 Å². The molecular weight excluding hydrogens is 271 g/mol. The third-order valence-electron chi connectivity index (χ3n) is 3.39. The lowest BCUT2D eigenvalue weighted by Crippen LogP contribution is -1.99. The van der Waals surface area contributed by atoms with Crippen molar-refractivity contribution in [3.8, 4) is 11.3 Å². The van der Waals surface area contributed by atoms with Crippen molar-refractivity contribution in [2.24, 2.45) is 0 Å². The Morgan fingerprint density at radius 1 is 1.29 bits per heavy atom. The van der Waals surface area contributed by atoms with E-state index in [0.29, 0.717) is 16.8 Å². The van der Waals surface area contributed by atoms with Gasteiger partial charge in [-0.1, -0.05) is 0 Å². The Bertz CT molecular complexity index is 732. The lowest BCUT2D eigenvalue weighted by Gasteiger charge is -2.09. The van der Waals surface area contributed by atoms with Gasteiger partial charge in [-0.3, -0.25) is 9.78 Å². The molecule has 0 bridgehead atoms. The summed E-state index contributed by atoms with van der Waals surface area (Å²) in [6.45, 7) is 2.72. The second kappa shape index (κ2) is 5.49. The van der Waals surface area contributed by atoms with Crippen LogP contribution in [0.5, 0.6) is 0 Å². The second-order valence-electron chi connectivity index (χ2n) is 4.74. The standard InChI is InChI=1S/C15H15FN4O/c1-2-20-9-11(7-18-20)15(21)13-8-17-19-14(13)10-3-5-12(16)6-4-10/h3-9,15,21H,2H2,1H3,(H,17,19). The van der Waals surface area contributed by atoms with Gasteiger partial charge in [0.05, 0.1) is 18.1 Å². The number of aromatic amines is 1. The molecule has 0 spiro atoms. The van der Waals surface area contributed by atoms with E-state index in [1.165, 1.54) is 12.1 Å². The molecule has 0 aliphatic heterocycles. The molecular formula is C15H15FN4O. The van der Waals surface area contributed by atoms with Gasteiger partial charge in [0.1, 0.15) is 11.9 Å². The Labute approximate surface area is 121 Å². The minimum atomic E-state index is -0.830. The number of H-pyrrole nitrogens is 1. The fraction of sp³-hybridized carbons (Fsp3) is 0.200. The highest BCUT2D eigenvalue weighted by Crippen LogP contribution is 2.30. The summed E-state index contributed by atoms with van der Waals surface area (Å²) >= 11 is 0. The third-order valence-corrected chi connectivity index (χ3v) is 3.39. The largest absolute Gasteiger partial charge is 0.383 e. The first-order valence-corrected chi connectivity index (χ1v) is 6.68. The van der Waals surface area contributed by atoms with Gasteiger partial charge in [0.2, 0.25) is 0 Å². The van der Waals surface area contributed by atoms with Crippen LogP contribution in [0.25, 0.3) is 11.3 Å². The highest BCUT2D eigenvalue weighted by molar-refractivity contribution is 5.63. The lowest BCUT2D eigenvalue weighted by atomic mass is 10.0. The quantitative estimate of drug-likeness (QED) is 0.774. The number of aliphatic hydroxyl groups is 1. The highest BCUT2D eigenvalue weighted by atomic mass is 19.1. The van der Waals surface area contributed by atoms with E-state index in [1.807, 2.05) is 6.92 Å². The number of aliphatic hydroxyl groups excluding tert-OH is 1. The SMILES string of the molecule is CCn1cc(C(O)c2cn[nH]c2-c2ccc(F)cc2)cn1. The summed E-state index contributed by atoms with van der Waals surface area (Å²) in [5.74, 6) is -0.301. The first kappa shape index (κ1) is 13.5. The van der Waals surface area contributed by atoms with Crippen molar-refractivity contribution in [2.45, 2.75) is 19.6 Å². The number of nitrogens with zero attached hydrogens (tertiary/aromatic N) is 3. The zero-order valence-corrected chi connectivity index (χ0v) is 11.5. The Morgan fingerprint density at radius 2 is 2.05 bits per heavy atom. The van der Waals surface area contributed by atoms with Gasteiger partial charge in [-0.25, -0.2) is 4.39 Å². The van der Waals surface area contributed by atoms with Crippen LogP contribution in [0.4, 0.5) is 4.39 Å². The van der Waals surface area contributed by atoms with Crippen LogP contribution >= 0.6 is 0 Å². The normalized spacial score (nSPS) is 12.5. The molecule has 1 unspecified atom stereocenters. The highest BCUT2D eigenvalue weighted by Gasteiger charge is 2.19. The molecule has 2 N–H and O–H groups in total. The van der Waals surface area contributed by atoms with Gasteiger partial charge < -0.3 is 5.11 Å². The number of hydrogen-bond donors (Lipinski definition) is 2. The van der Waals surface area contributed by atoms with Crippen LogP contribution in [0.15, 0.2) is 42.9 Å². The summed E-state index contributed by atoms with van der Waals surface area (Å²) < 4.78 is 14.8. The maximum Gasteiger partial charge on any atom is 0.123 e. The molecule has 5 nitrogen and oxygen atoms in total. The summed E-state index contributed by atoms with van der Waals surface area (Å²) in [5, 5.41) is 21.5. The molecule has 0 fully saturated rings. The molecule has 0 amide bonds. The Kier molecular flexibility index (Phi) is 3.53. The third kappa shape index (κ3) is 2.57. The summed E-state index contributed by atoms with van der Waals surface area (Å²) in [6.07, 6.45) is 4.18. The molecule has 3 aromatic rings. The second-order valence-corrected chi connectivity index (χ2v) is 4.74. The molecule has 1 aromatic carbocycles. The molecule has 2 aromatic heterocycles. The predicted molar refractivity (Wildman–Crippen MR) is 75.9 cm³/mol. The number of halogens is 1. The van der Waals surface area contributed by atoms with Gasteiger partial charge in [0, 0.05) is 29.4 Å². The summed E-state index contributed by atoms with van der Waals surface area (Å²) in [4.78, 5) is 0. The Hall–Kier alpha value is -2.47. The summed E-state index contributed by atoms with van der Waals surface area (Å²) in [7, 11) is 0. The fourth-order valence-electron chi connectivity index (χ4n) is 2.22. The van der Waals surface area contributed by atoms with Crippen molar-refractivity contribution in [2.75, 3.05) is 0 Å². The zero-order chi connectivity index (χ0) is 14.8. The molecule has 0 saturated carbocycles. The molecule has 6 heteroatoms. The van der Waals surface area contributed by atoms with E-state index in [4.69, 9.17) is 0 Å². The number of hydrogen-bond acceptors (Lipinski definition) is 3. The molecule has 0 aliphatic rings. The van der Waals surface area contributed by atoms with Crippen LogP contribution in [-0.4, -0.2) is 25.1 Å². The van der Waals surface area contributed by atoms with Gasteiger partial charge >= 0.3 is 0 Å². The molecule has 21 heavy (non-hydrogen) atoms. The first-order chi connectivity index (χ1) is 10.2. The van der Waals surface area contributed by atoms with Crippen molar-refractivity contribution in [1.82, 2.24) is 20.0 Å². The average molecular weight is 286 g/mol. The maximum absolute atomic E-state index is 13.0. The van der Waals surface area contributed by atoms with Crippen molar-refractivity contribution >= 4 is 0 Å². The van der Waals surface area contributed by atoms with Crippen LogP contribution in [0.1, 0.15) is 24.2 Å². The topological polar surface area (TPSA) is 66.7 Å².